The monoisotopic (exact) mass is 1970 g/mol. The van der Waals surface area contributed by atoms with E-state index in [1.54, 1.807) is 0 Å². The molecule has 0 atom stereocenters. The zero-order valence-electron chi connectivity index (χ0n) is 99.7. The topological polar surface area (TPSA) is 0 Å². The molecule has 0 saturated carbocycles. The maximum absolute atomic E-state index is 2.37. The van der Waals surface area contributed by atoms with Gasteiger partial charge in [0.2, 0.25) is 0 Å². The van der Waals surface area contributed by atoms with Gasteiger partial charge >= 0.3 is 0 Å². The first-order valence-electron chi connectivity index (χ1n) is 53.9. The second-order valence-corrected chi connectivity index (χ2v) is 57.9. The highest BCUT2D eigenvalue weighted by Crippen LogP contribution is 2.45. The van der Waals surface area contributed by atoms with Gasteiger partial charge in [0, 0.05) is 0 Å². The number of benzene rings is 16. The van der Waals surface area contributed by atoms with E-state index in [1.165, 1.54) is 175 Å². The lowest BCUT2D eigenvalue weighted by Gasteiger charge is -2.31. The van der Waals surface area contributed by atoms with Crippen LogP contribution in [0.5, 0.6) is 0 Å². The first-order chi connectivity index (χ1) is 65.6. The normalized spacial score (nSPS) is 12.7. The molecule has 0 bridgehead atoms. The summed E-state index contributed by atoms with van der Waals surface area (Å²) in [5, 5.41) is 22.0. The van der Waals surface area contributed by atoms with Crippen LogP contribution in [-0.2, 0) is 86.6 Å². The predicted molar refractivity (Wildman–Crippen MR) is 671 cm³/mol. The number of rotatable bonds is 0. The van der Waals surface area contributed by atoms with E-state index in [-0.39, 0.29) is 109 Å². The summed E-state index contributed by atoms with van der Waals surface area (Å²) in [5.74, 6) is 0. The van der Waals surface area contributed by atoms with Crippen LogP contribution in [0.3, 0.4) is 0 Å². The third-order valence-electron chi connectivity index (χ3n) is 28.3. The molecular formula is C147H204. The molecule has 0 aliphatic carbocycles. The molecule has 0 spiro atoms. The zero-order chi connectivity index (χ0) is 108. The van der Waals surface area contributed by atoms with Crippen molar-refractivity contribution in [2.75, 3.05) is 0 Å². The Balaban J connectivity index is 0.000000256. The molecule has 16 aromatic carbocycles. The van der Waals surface area contributed by atoms with Crippen molar-refractivity contribution in [2.45, 2.75) is 441 Å². The molecule has 0 amide bonds. The standard InChI is InChI=1S/8C18H24.3CH4/c1-17(2,3)15-11-7-10-14-13(15)9-8-12-16(14)18(4,5)6;1-17(2,3)15-9-7-14-12-16(18(4,5)6)10-8-13(14)11-15;1-17(2,3)15-9-7-13-8-10-16(18(4,5)6)12-14(13)11-15;1-17(2,3)14-11-7-9-13-10-8-12-15(16(13)14)18(4,5)6;1-17(2,3)14-10-11-15-13(12-14)8-7-9-16(15)18(4,5)6;1-17(2,3)14-11-10-13-8-7-9-16(15(13)12-14)18(4,5)6;1-17(2,3)15-11-12-16(18(4,5)6)14-10-8-7-9-13(14)15;1-17(2,3)15-12-11-13-9-7-8-10-14(13)16(15)18(4,5)6;;;/h8*7-12H,1-6H3;3*1H4. The fourth-order valence-corrected chi connectivity index (χ4v) is 19.7. The van der Waals surface area contributed by atoms with Gasteiger partial charge < -0.3 is 0 Å². The minimum Gasteiger partial charge on any atom is -0.0776 e. The molecule has 0 fully saturated rings. The lowest BCUT2D eigenvalue weighted by atomic mass is 9.73. The van der Waals surface area contributed by atoms with Crippen LogP contribution in [0.15, 0.2) is 291 Å². The van der Waals surface area contributed by atoms with E-state index < -0.39 is 0 Å². The van der Waals surface area contributed by atoms with Crippen LogP contribution in [0.25, 0.3) is 86.2 Å². The first kappa shape index (κ1) is 125. The molecule has 0 aliphatic heterocycles. The maximum atomic E-state index is 2.37. The van der Waals surface area contributed by atoms with Crippen LogP contribution >= 0.6 is 0 Å². The van der Waals surface area contributed by atoms with Gasteiger partial charge in [0.1, 0.15) is 0 Å². The Morgan fingerprint density at radius 2 is 0.313 bits per heavy atom. The van der Waals surface area contributed by atoms with E-state index in [0.29, 0.717) is 0 Å². The van der Waals surface area contributed by atoms with Gasteiger partial charge in [0.05, 0.1) is 0 Å². The van der Waals surface area contributed by atoms with E-state index in [0.717, 1.165) is 0 Å². The van der Waals surface area contributed by atoms with Crippen LogP contribution in [0.2, 0.25) is 0 Å². The molecule has 16 rings (SSSR count). The second-order valence-electron chi connectivity index (χ2n) is 57.9. The molecule has 0 aliphatic rings. The van der Waals surface area contributed by atoms with Crippen LogP contribution in [-0.4, -0.2) is 0 Å². The highest BCUT2D eigenvalue weighted by atomic mass is 14.4. The van der Waals surface area contributed by atoms with Gasteiger partial charge in [-0.1, -0.05) is 646 Å². The van der Waals surface area contributed by atoms with Gasteiger partial charge in [-0.05, 0) is 262 Å². The van der Waals surface area contributed by atoms with Gasteiger partial charge in [-0.3, -0.25) is 0 Å². The predicted octanol–water partition coefficient (Wildman–Crippen LogP) is 45.4. The molecule has 0 radical (unpaired) electrons. The molecule has 0 saturated heterocycles. The molecule has 0 heterocycles. The van der Waals surface area contributed by atoms with E-state index in [1.807, 2.05) is 0 Å². The van der Waals surface area contributed by atoms with E-state index in [9.17, 15) is 0 Å². The smallest absolute Gasteiger partial charge is 0.0109 e. The van der Waals surface area contributed by atoms with Gasteiger partial charge in [-0.25, -0.2) is 0 Å². The van der Waals surface area contributed by atoms with Crippen molar-refractivity contribution < 1.29 is 0 Å². The van der Waals surface area contributed by atoms with E-state index in [4.69, 9.17) is 0 Å². The minimum atomic E-state index is 0. The summed E-state index contributed by atoms with van der Waals surface area (Å²) < 4.78 is 0. The second kappa shape index (κ2) is 46.6. The van der Waals surface area contributed by atoms with E-state index in [2.05, 4.69) is 624 Å². The number of hydrogen-bond donors (Lipinski definition) is 0. The quantitative estimate of drug-likeness (QED) is 0.142. The molecule has 147 heavy (non-hydrogen) atoms. The van der Waals surface area contributed by atoms with Gasteiger partial charge in [-0.2, -0.15) is 0 Å². The lowest BCUT2D eigenvalue weighted by Crippen LogP contribution is -2.22. The SMILES string of the molecule is C.C.C.CC(C)(C)c1ccc(C(C)(C)C)c2ccccc12.CC(C)(C)c1ccc2c(C(C)(C)C)cccc2c1.CC(C)(C)c1ccc2cc(C(C)(C)C)ccc2c1.CC(C)(C)c1ccc2ccc(C(C)(C)C)cc2c1.CC(C)(C)c1ccc2cccc(C(C)(C)C)c2c1.CC(C)(C)c1ccc2ccccc2c1C(C)(C)C.CC(C)(C)c1cccc2c(C(C)(C)C)cccc12.CC(C)(C)c1cccc2cccc(C(C)(C)C)c12. The Bertz CT molecular complexity index is 6650. The average molecular weight is 1970 g/mol. The first-order valence-corrected chi connectivity index (χ1v) is 53.9. The Labute approximate surface area is 901 Å². The fourth-order valence-electron chi connectivity index (χ4n) is 19.7. The summed E-state index contributed by atoms with van der Waals surface area (Å²) in [7, 11) is 0. The van der Waals surface area contributed by atoms with Gasteiger partial charge in [-0.15, -0.1) is 0 Å². The van der Waals surface area contributed by atoms with Crippen LogP contribution in [0.1, 0.15) is 444 Å². The molecular weight excluding hydrogens is 1770 g/mol. The van der Waals surface area contributed by atoms with Crippen molar-refractivity contribution >= 4 is 86.2 Å². The third kappa shape index (κ3) is 32.8. The minimum absolute atomic E-state index is 0. The van der Waals surface area contributed by atoms with Crippen molar-refractivity contribution in [3.63, 3.8) is 0 Å². The molecule has 0 heteroatoms. The van der Waals surface area contributed by atoms with Gasteiger partial charge in [0.15, 0.2) is 0 Å². The van der Waals surface area contributed by atoms with Gasteiger partial charge in [0.25, 0.3) is 0 Å². The van der Waals surface area contributed by atoms with Crippen LogP contribution < -0.4 is 0 Å². The summed E-state index contributed by atoms with van der Waals surface area (Å²) in [5.41, 5.74) is 26.1. The largest absolute Gasteiger partial charge is 0.0776 e. The molecule has 0 nitrogen and oxygen atoms in total. The maximum Gasteiger partial charge on any atom is -0.0109 e. The van der Waals surface area contributed by atoms with Crippen molar-refractivity contribution in [2.24, 2.45) is 0 Å². The molecule has 0 unspecified atom stereocenters. The number of hydrogen-bond acceptors (Lipinski definition) is 0. The van der Waals surface area contributed by atoms with Crippen LogP contribution in [0.4, 0.5) is 0 Å². The molecule has 0 aromatic heterocycles. The molecule has 792 valence electrons. The lowest BCUT2D eigenvalue weighted by molar-refractivity contribution is 0.534. The van der Waals surface area contributed by atoms with E-state index >= 15 is 0 Å². The summed E-state index contributed by atoms with van der Waals surface area (Å²) in [6.45, 7) is 109. The Hall–Kier alpha value is -10.4. The Morgan fingerprint density at radius 3 is 0.633 bits per heavy atom. The van der Waals surface area contributed by atoms with Crippen molar-refractivity contribution in [3.8, 4) is 0 Å². The van der Waals surface area contributed by atoms with Crippen molar-refractivity contribution in [1.82, 2.24) is 0 Å². The molecule has 0 N–H and O–H groups in total. The zero-order valence-corrected chi connectivity index (χ0v) is 99.7. The van der Waals surface area contributed by atoms with Crippen LogP contribution in [0, 0.1) is 0 Å². The average Bonchev–Trinajstić information content (AvgIpc) is 0.766. The Kier molecular flexibility index (Phi) is 39.7. The number of fused-ring (bicyclic) bond motifs is 8. The summed E-state index contributed by atoms with van der Waals surface area (Å²) in [4.78, 5) is 0. The highest BCUT2D eigenvalue weighted by Gasteiger charge is 2.31. The van der Waals surface area contributed by atoms with Crippen molar-refractivity contribution in [3.05, 3.63) is 380 Å². The fraction of sp³-hybridized carbons (Fsp3) is 0.456. The summed E-state index contributed by atoms with van der Waals surface area (Å²) in [6.07, 6.45) is 0. The summed E-state index contributed by atoms with van der Waals surface area (Å²) >= 11 is 0. The molecule has 16 aromatic rings. The Morgan fingerprint density at radius 1 is 0.109 bits per heavy atom. The summed E-state index contributed by atoms with van der Waals surface area (Å²) in [6, 6.07) is 108. The van der Waals surface area contributed by atoms with Crippen molar-refractivity contribution in [1.29, 1.82) is 0 Å². The third-order valence-corrected chi connectivity index (χ3v) is 28.3. The highest BCUT2D eigenvalue weighted by molar-refractivity contribution is 5.95.